The van der Waals surface area contributed by atoms with Crippen LogP contribution in [0.1, 0.15) is 16.8 Å². The highest BCUT2D eigenvalue weighted by Gasteiger charge is 2.30. The van der Waals surface area contributed by atoms with E-state index in [4.69, 9.17) is 10.5 Å². The van der Waals surface area contributed by atoms with Crippen molar-refractivity contribution in [1.29, 1.82) is 0 Å². The fourth-order valence-corrected chi connectivity index (χ4v) is 2.81. The number of carbonyl (C=O) groups is 2. The molecule has 1 aliphatic heterocycles. The molecule has 1 aliphatic rings. The Labute approximate surface area is 147 Å². The first-order chi connectivity index (χ1) is 11.5. The number of aromatic nitrogens is 1. The molecule has 1 aromatic carbocycles. The van der Waals surface area contributed by atoms with Crippen LogP contribution in [0.25, 0.3) is 0 Å². The molecule has 2 N–H and O–H groups in total. The van der Waals surface area contributed by atoms with E-state index in [1.54, 1.807) is 17.0 Å². The van der Waals surface area contributed by atoms with Gasteiger partial charge in [-0.2, -0.15) is 0 Å². The van der Waals surface area contributed by atoms with Crippen molar-refractivity contribution in [2.45, 2.75) is 6.42 Å². The Kier molecular flexibility index (Phi) is 4.80. The van der Waals surface area contributed by atoms with Gasteiger partial charge in [0, 0.05) is 29.8 Å². The largest absolute Gasteiger partial charge is 0.439 e. The summed E-state index contributed by atoms with van der Waals surface area (Å²) in [5.74, 6) is 0.295. The molecule has 2 aromatic rings. The van der Waals surface area contributed by atoms with Gasteiger partial charge in [-0.15, -0.1) is 0 Å². The van der Waals surface area contributed by atoms with Gasteiger partial charge < -0.3 is 15.4 Å². The first-order valence-electron chi connectivity index (χ1n) is 7.51. The van der Waals surface area contributed by atoms with Crippen LogP contribution in [0, 0.1) is 5.92 Å². The Bertz CT molecular complexity index is 747. The highest BCUT2D eigenvalue weighted by atomic mass is 79.9. The molecule has 6 nitrogen and oxygen atoms in total. The number of rotatable bonds is 4. The molecule has 1 atom stereocenters. The lowest BCUT2D eigenvalue weighted by Gasteiger charge is -2.15. The Morgan fingerprint density at radius 1 is 1.21 bits per heavy atom. The van der Waals surface area contributed by atoms with Crippen LogP contribution in [-0.4, -0.2) is 34.8 Å². The molecule has 3 rings (SSSR count). The second kappa shape index (κ2) is 7.00. The number of nitrogens with zero attached hydrogens (tertiary/aromatic N) is 2. The molecule has 1 fully saturated rings. The smallest absolute Gasteiger partial charge is 0.255 e. The van der Waals surface area contributed by atoms with Crippen molar-refractivity contribution < 1.29 is 14.3 Å². The van der Waals surface area contributed by atoms with Crippen molar-refractivity contribution in [2.24, 2.45) is 11.7 Å². The third-order valence-corrected chi connectivity index (χ3v) is 4.43. The fourth-order valence-electron chi connectivity index (χ4n) is 2.55. The molecule has 1 aromatic heterocycles. The van der Waals surface area contributed by atoms with Crippen molar-refractivity contribution in [3.63, 3.8) is 0 Å². The van der Waals surface area contributed by atoms with Crippen LogP contribution in [0.2, 0.25) is 0 Å². The Hall–Kier alpha value is -2.41. The summed E-state index contributed by atoms with van der Waals surface area (Å²) in [5, 5.41) is 0. The average Bonchev–Trinajstić information content (AvgIpc) is 3.07. The van der Waals surface area contributed by atoms with E-state index in [0.29, 0.717) is 36.7 Å². The van der Waals surface area contributed by atoms with E-state index in [9.17, 15) is 9.59 Å². The van der Waals surface area contributed by atoms with E-state index < -0.39 is 0 Å². The summed E-state index contributed by atoms with van der Waals surface area (Å²) < 4.78 is 6.59. The summed E-state index contributed by atoms with van der Waals surface area (Å²) in [5.41, 5.74) is 5.75. The molecule has 0 unspecified atom stereocenters. The molecule has 0 saturated carbocycles. The predicted octanol–water partition coefficient (Wildman–Crippen LogP) is 2.58. The third kappa shape index (κ3) is 3.73. The second-order valence-electron chi connectivity index (χ2n) is 5.58. The minimum atomic E-state index is -0.360. The number of ether oxygens (including phenoxy) is 1. The molecular weight excluding hydrogens is 374 g/mol. The lowest BCUT2D eigenvalue weighted by atomic mass is 10.1. The van der Waals surface area contributed by atoms with Gasteiger partial charge in [0.2, 0.25) is 11.8 Å². The number of hydrogen-bond acceptors (Lipinski definition) is 4. The maximum atomic E-state index is 12.4. The van der Waals surface area contributed by atoms with E-state index in [1.807, 2.05) is 24.3 Å². The quantitative estimate of drug-likeness (QED) is 0.870. The van der Waals surface area contributed by atoms with Gasteiger partial charge in [-0.05, 0) is 36.8 Å². The van der Waals surface area contributed by atoms with Gasteiger partial charge in [-0.25, -0.2) is 4.98 Å². The zero-order valence-electron chi connectivity index (χ0n) is 12.8. The molecule has 0 aliphatic carbocycles. The SMILES string of the molecule is NC(=O)[C@@H]1CCN(C(=O)c2ccc(Oc3ccc(Br)cc3)nc2)C1. The lowest BCUT2D eigenvalue weighted by Crippen LogP contribution is -2.31. The maximum absolute atomic E-state index is 12.4. The molecule has 0 radical (unpaired) electrons. The van der Waals surface area contributed by atoms with Crippen LogP contribution < -0.4 is 10.5 Å². The normalized spacial score (nSPS) is 16.9. The minimum absolute atomic E-state index is 0.151. The van der Waals surface area contributed by atoms with Gasteiger partial charge in [0.25, 0.3) is 5.91 Å². The summed E-state index contributed by atoms with van der Waals surface area (Å²) in [7, 11) is 0. The molecule has 7 heteroatoms. The first-order valence-corrected chi connectivity index (χ1v) is 8.30. The van der Waals surface area contributed by atoms with Crippen molar-refractivity contribution in [1.82, 2.24) is 9.88 Å². The predicted molar refractivity (Wildman–Crippen MR) is 91.7 cm³/mol. The van der Waals surface area contributed by atoms with Crippen LogP contribution in [0.5, 0.6) is 11.6 Å². The van der Waals surface area contributed by atoms with E-state index >= 15 is 0 Å². The number of pyridine rings is 1. The zero-order valence-corrected chi connectivity index (χ0v) is 14.4. The third-order valence-electron chi connectivity index (χ3n) is 3.90. The number of likely N-dealkylation sites (tertiary alicyclic amines) is 1. The molecule has 2 amide bonds. The van der Waals surface area contributed by atoms with Gasteiger partial charge in [0.1, 0.15) is 5.75 Å². The van der Waals surface area contributed by atoms with Gasteiger partial charge in [0.15, 0.2) is 0 Å². The number of hydrogen-bond donors (Lipinski definition) is 1. The summed E-state index contributed by atoms with van der Waals surface area (Å²) in [6.07, 6.45) is 2.09. The highest BCUT2D eigenvalue weighted by Crippen LogP contribution is 2.23. The molecule has 24 heavy (non-hydrogen) atoms. The van der Waals surface area contributed by atoms with Crippen molar-refractivity contribution in [3.8, 4) is 11.6 Å². The van der Waals surface area contributed by atoms with Crippen LogP contribution in [0.3, 0.4) is 0 Å². The van der Waals surface area contributed by atoms with Crippen LogP contribution in [-0.2, 0) is 4.79 Å². The molecule has 0 bridgehead atoms. The van der Waals surface area contributed by atoms with E-state index in [1.165, 1.54) is 6.20 Å². The molecule has 1 saturated heterocycles. The van der Waals surface area contributed by atoms with Gasteiger partial charge in [0.05, 0.1) is 11.5 Å². The molecule has 2 heterocycles. The second-order valence-corrected chi connectivity index (χ2v) is 6.50. The maximum Gasteiger partial charge on any atom is 0.255 e. The molecule has 0 spiro atoms. The summed E-state index contributed by atoms with van der Waals surface area (Å²) >= 11 is 3.36. The zero-order chi connectivity index (χ0) is 17.1. The standard InChI is InChI=1S/C17H16BrN3O3/c18-13-2-4-14(5-3-13)24-15-6-1-11(9-20-15)17(23)21-8-7-12(10-21)16(19)22/h1-6,9,12H,7-8,10H2,(H2,19,22)/t12-/m1/s1. The number of amides is 2. The van der Waals surface area contributed by atoms with Crippen molar-refractivity contribution in [2.75, 3.05) is 13.1 Å². The van der Waals surface area contributed by atoms with Crippen LogP contribution >= 0.6 is 15.9 Å². The molecule has 124 valence electrons. The number of nitrogens with two attached hydrogens (primary N) is 1. The monoisotopic (exact) mass is 389 g/mol. The number of halogens is 1. The Morgan fingerprint density at radius 3 is 2.54 bits per heavy atom. The highest BCUT2D eigenvalue weighted by molar-refractivity contribution is 9.10. The minimum Gasteiger partial charge on any atom is -0.439 e. The van der Waals surface area contributed by atoms with Gasteiger partial charge in [-0.3, -0.25) is 9.59 Å². The summed E-state index contributed by atoms with van der Waals surface area (Å²) in [6, 6.07) is 10.7. The average molecular weight is 390 g/mol. The number of carbonyl (C=O) groups excluding carboxylic acids is 2. The van der Waals surface area contributed by atoms with Crippen LogP contribution in [0.4, 0.5) is 0 Å². The number of benzene rings is 1. The van der Waals surface area contributed by atoms with Gasteiger partial charge >= 0.3 is 0 Å². The van der Waals surface area contributed by atoms with E-state index in [0.717, 1.165) is 4.47 Å². The van der Waals surface area contributed by atoms with E-state index in [2.05, 4.69) is 20.9 Å². The van der Waals surface area contributed by atoms with Crippen molar-refractivity contribution in [3.05, 3.63) is 52.6 Å². The number of primary amides is 1. The lowest BCUT2D eigenvalue weighted by molar-refractivity contribution is -0.121. The first kappa shape index (κ1) is 16.4. The summed E-state index contributed by atoms with van der Waals surface area (Å²) in [4.78, 5) is 29.4. The van der Waals surface area contributed by atoms with Gasteiger partial charge in [-0.1, -0.05) is 15.9 Å². The molecular formula is C17H16BrN3O3. The summed E-state index contributed by atoms with van der Waals surface area (Å²) in [6.45, 7) is 0.898. The topological polar surface area (TPSA) is 85.5 Å². The Morgan fingerprint density at radius 2 is 1.96 bits per heavy atom. The van der Waals surface area contributed by atoms with Crippen LogP contribution in [0.15, 0.2) is 47.1 Å². The Balaban J connectivity index is 1.65. The van der Waals surface area contributed by atoms with Crippen molar-refractivity contribution >= 4 is 27.7 Å². The fraction of sp³-hybridized carbons (Fsp3) is 0.235. The van der Waals surface area contributed by atoms with E-state index in [-0.39, 0.29) is 17.7 Å².